The molecule has 31 heavy (non-hydrogen) atoms. The van der Waals surface area contributed by atoms with Crippen LogP contribution < -0.4 is 9.62 Å². The van der Waals surface area contributed by atoms with Gasteiger partial charge in [0.1, 0.15) is 5.01 Å². The van der Waals surface area contributed by atoms with E-state index in [9.17, 15) is 13.2 Å². The highest BCUT2D eigenvalue weighted by molar-refractivity contribution is 7.93. The lowest BCUT2D eigenvalue weighted by atomic mass is 10.1. The third-order valence-corrected chi connectivity index (χ3v) is 8.13. The molecule has 6 nitrogen and oxygen atoms in total. The quantitative estimate of drug-likeness (QED) is 0.487. The second-order valence-electron chi connectivity index (χ2n) is 7.28. The molecule has 0 radical (unpaired) electrons. The molecule has 1 fully saturated rings. The van der Waals surface area contributed by atoms with Crippen molar-refractivity contribution in [3.05, 3.63) is 78.4 Å². The molecule has 0 aliphatic carbocycles. The number of sulfonamides is 1. The van der Waals surface area contributed by atoms with Crippen molar-refractivity contribution in [3.63, 3.8) is 0 Å². The van der Waals surface area contributed by atoms with Crippen molar-refractivity contribution < 1.29 is 13.2 Å². The lowest BCUT2D eigenvalue weighted by molar-refractivity contribution is 0.102. The van der Waals surface area contributed by atoms with Crippen LogP contribution in [0.15, 0.2) is 72.8 Å². The molecule has 8 heteroatoms. The number of hydrogen-bond donors (Lipinski definition) is 1. The second kappa shape index (κ2) is 7.79. The van der Waals surface area contributed by atoms with Crippen LogP contribution in [0.5, 0.6) is 0 Å². The zero-order chi connectivity index (χ0) is 21.4. The molecular formula is C23H19N3O3S2. The minimum absolute atomic E-state index is 0.138. The number of para-hydroxylation sites is 2. The predicted octanol–water partition coefficient (Wildman–Crippen LogP) is 4.76. The van der Waals surface area contributed by atoms with Gasteiger partial charge in [0.25, 0.3) is 5.91 Å². The molecule has 1 aliphatic rings. The SMILES string of the molecule is O=C(Nc1ccccc1-c1nc2ccccc2s1)c1cccc(N2CCCS2(=O)=O)c1. The van der Waals surface area contributed by atoms with E-state index in [1.807, 2.05) is 48.5 Å². The first-order valence-corrected chi connectivity index (χ1v) is 12.3. The van der Waals surface area contributed by atoms with Gasteiger partial charge in [-0.3, -0.25) is 9.10 Å². The van der Waals surface area contributed by atoms with E-state index in [-0.39, 0.29) is 11.7 Å². The molecule has 5 rings (SSSR count). The molecule has 0 saturated carbocycles. The average molecular weight is 450 g/mol. The Bertz CT molecular complexity index is 1360. The van der Waals surface area contributed by atoms with Crippen molar-refractivity contribution in [3.8, 4) is 10.6 Å². The summed E-state index contributed by atoms with van der Waals surface area (Å²) < 4.78 is 26.9. The lowest BCUT2D eigenvalue weighted by Crippen LogP contribution is -2.25. The van der Waals surface area contributed by atoms with Crippen LogP contribution in [0.4, 0.5) is 11.4 Å². The summed E-state index contributed by atoms with van der Waals surface area (Å²) in [6.07, 6.45) is 0.592. The summed E-state index contributed by atoms with van der Waals surface area (Å²) in [5.74, 6) is -0.161. The fourth-order valence-electron chi connectivity index (χ4n) is 3.69. The van der Waals surface area contributed by atoms with Gasteiger partial charge in [-0.25, -0.2) is 13.4 Å². The van der Waals surface area contributed by atoms with Crippen molar-refractivity contribution >= 4 is 48.9 Å². The predicted molar refractivity (Wildman–Crippen MR) is 125 cm³/mol. The maximum absolute atomic E-state index is 13.0. The van der Waals surface area contributed by atoms with Crippen LogP contribution in [0.25, 0.3) is 20.8 Å². The molecular weight excluding hydrogens is 430 g/mol. The molecule has 156 valence electrons. The Hall–Kier alpha value is -3.23. The van der Waals surface area contributed by atoms with Crippen LogP contribution >= 0.6 is 11.3 Å². The molecule has 1 aliphatic heterocycles. The highest BCUT2D eigenvalue weighted by Crippen LogP contribution is 2.34. The molecule has 3 aromatic carbocycles. The average Bonchev–Trinajstić information content (AvgIpc) is 3.36. The number of carbonyl (C=O) groups excluding carboxylic acids is 1. The van der Waals surface area contributed by atoms with E-state index in [1.165, 1.54) is 4.31 Å². The maximum Gasteiger partial charge on any atom is 0.255 e. The zero-order valence-corrected chi connectivity index (χ0v) is 18.1. The first kappa shape index (κ1) is 19.7. The highest BCUT2D eigenvalue weighted by atomic mass is 32.2. The Labute approximate surface area is 184 Å². The molecule has 0 bridgehead atoms. The molecule has 0 unspecified atom stereocenters. The van der Waals surface area contributed by atoms with E-state index in [1.54, 1.807) is 35.6 Å². The maximum atomic E-state index is 13.0. The molecule has 2 heterocycles. The van der Waals surface area contributed by atoms with Gasteiger partial charge in [0, 0.05) is 17.7 Å². The number of nitrogens with one attached hydrogen (secondary N) is 1. The monoisotopic (exact) mass is 449 g/mol. The highest BCUT2D eigenvalue weighted by Gasteiger charge is 2.28. The number of aromatic nitrogens is 1. The lowest BCUT2D eigenvalue weighted by Gasteiger charge is -2.17. The van der Waals surface area contributed by atoms with Crippen molar-refractivity contribution in [1.29, 1.82) is 0 Å². The Balaban J connectivity index is 1.45. The van der Waals surface area contributed by atoms with Crippen LogP contribution in [-0.2, 0) is 10.0 Å². The molecule has 1 saturated heterocycles. The third kappa shape index (κ3) is 3.80. The van der Waals surface area contributed by atoms with Gasteiger partial charge in [-0.05, 0) is 48.9 Å². The van der Waals surface area contributed by atoms with Crippen LogP contribution in [0.3, 0.4) is 0 Å². The van der Waals surface area contributed by atoms with Gasteiger partial charge in [0.05, 0.1) is 27.3 Å². The van der Waals surface area contributed by atoms with Crippen LogP contribution in [0, 0.1) is 0 Å². The number of amides is 1. The van der Waals surface area contributed by atoms with Gasteiger partial charge >= 0.3 is 0 Å². The standard InChI is InChI=1S/C23H19N3O3S2/c27-22(16-7-5-8-17(15-16)26-13-6-14-31(26,28)29)24-19-10-2-1-9-18(19)23-25-20-11-3-4-12-21(20)30-23/h1-5,7-12,15H,6,13-14H2,(H,24,27). The minimum Gasteiger partial charge on any atom is -0.321 e. The van der Waals surface area contributed by atoms with E-state index >= 15 is 0 Å². The number of anilines is 2. The molecule has 1 N–H and O–H groups in total. The van der Waals surface area contributed by atoms with E-state index in [0.29, 0.717) is 29.9 Å². The Morgan fingerprint density at radius 1 is 1.00 bits per heavy atom. The number of carbonyl (C=O) groups is 1. The Morgan fingerprint density at radius 2 is 1.81 bits per heavy atom. The van der Waals surface area contributed by atoms with E-state index in [0.717, 1.165) is 20.8 Å². The van der Waals surface area contributed by atoms with Crippen molar-refractivity contribution in [2.75, 3.05) is 21.9 Å². The van der Waals surface area contributed by atoms with Gasteiger partial charge in [-0.15, -0.1) is 11.3 Å². The number of nitrogens with zero attached hydrogens (tertiary/aromatic N) is 2. The Kier molecular flexibility index (Phi) is 4.95. The van der Waals surface area contributed by atoms with E-state index < -0.39 is 10.0 Å². The van der Waals surface area contributed by atoms with Crippen molar-refractivity contribution in [1.82, 2.24) is 4.98 Å². The molecule has 0 atom stereocenters. The van der Waals surface area contributed by atoms with Crippen molar-refractivity contribution in [2.45, 2.75) is 6.42 Å². The topological polar surface area (TPSA) is 79.4 Å². The van der Waals surface area contributed by atoms with Gasteiger partial charge < -0.3 is 5.32 Å². The Morgan fingerprint density at radius 3 is 2.61 bits per heavy atom. The van der Waals surface area contributed by atoms with Gasteiger partial charge in [0.15, 0.2) is 0 Å². The fourth-order valence-corrected chi connectivity index (χ4v) is 6.25. The number of fused-ring (bicyclic) bond motifs is 1. The summed E-state index contributed by atoms with van der Waals surface area (Å²) in [6.45, 7) is 0.438. The second-order valence-corrected chi connectivity index (χ2v) is 10.3. The van der Waals surface area contributed by atoms with Crippen LogP contribution in [-0.4, -0.2) is 31.6 Å². The third-order valence-electron chi connectivity index (χ3n) is 5.20. The number of rotatable bonds is 4. The molecule has 4 aromatic rings. The molecule has 1 amide bonds. The fraction of sp³-hybridized carbons (Fsp3) is 0.130. The summed E-state index contributed by atoms with van der Waals surface area (Å²) in [5.41, 5.74) is 3.34. The molecule has 0 spiro atoms. The summed E-state index contributed by atoms with van der Waals surface area (Å²) in [6, 6.07) is 22.2. The minimum atomic E-state index is -3.30. The zero-order valence-electron chi connectivity index (χ0n) is 16.5. The number of hydrogen-bond acceptors (Lipinski definition) is 5. The summed E-state index contributed by atoms with van der Waals surface area (Å²) in [5, 5.41) is 3.80. The largest absolute Gasteiger partial charge is 0.321 e. The molecule has 1 aromatic heterocycles. The van der Waals surface area contributed by atoms with Gasteiger partial charge in [-0.2, -0.15) is 0 Å². The van der Waals surface area contributed by atoms with E-state index in [4.69, 9.17) is 4.98 Å². The number of benzene rings is 3. The van der Waals surface area contributed by atoms with E-state index in [2.05, 4.69) is 5.32 Å². The van der Waals surface area contributed by atoms with Gasteiger partial charge in [0.2, 0.25) is 10.0 Å². The first-order valence-electron chi connectivity index (χ1n) is 9.88. The summed E-state index contributed by atoms with van der Waals surface area (Å²) in [4.78, 5) is 17.7. The van der Waals surface area contributed by atoms with Crippen molar-refractivity contribution in [2.24, 2.45) is 0 Å². The normalized spacial score (nSPS) is 15.3. The smallest absolute Gasteiger partial charge is 0.255 e. The van der Waals surface area contributed by atoms with Gasteiger partial charge in [-0.1, -0.05) is 30.3 Å². The number of thiazole rings is 1. The first-order chi connectivity index (χ1) is 15.0. The van der Waals surface area contributed by atoms with Crippen LogP contribution in [0.2, 0.25) is 0 Å². The summed E-state index contributed by atoms with van der Waals surface area (Å²) >= 11 is 1.57. The van der Waals surface area contributed by atoms with Crippen LogP contribution in [0.1, 0.15) is 16.8 Å². The summed E-state index contributed by atoms with van der Waals surface area (Å²) in [7, 11) is -3.30.